The van der Waals surface area contributed by atoms with Crippen LogP contribution in [0.2, 0.25) is 0 Å². The maximum atomic E-state index is 2.57. The maximum absolute atomic E-state index is 2.57. The van der Waals surface area contributed by atoms with Gasteiger partial charge in [-0.25, -0.2) is 9.15 Å². The third kappa shape index (κ3) is 4.73. The third-order valence-corrected chi connectivity index (χ3v) is 10.6. The lowest BCUT2D eigenvalue weighted by Crippen LogP contribution is -2.30. The summed E-state index contributed by atoms with van der Waals surface area (Å²) >= 11 is 0. The Morgan fingerprint density at radius 3 is 1.75 bits per heavy atom. The summed E-state index contributed by atoms with van der Waals surface area (Å²) in [5.74, 6) is 0.511. The molecule has 2 heterocycles. The van der Waals surface area contributed by atoms with E-state index >= 15 is 0 Å². The quantitative estimate of drug-likeness (QED) is 0.169. The van der Waals surface area contributed by atoms with Gasteiger partial charge in [-0.1, -0.05) is 91.0 Å². The molecule has 0 saturated heterocycles. The summed E-state index contributed by atoms with van der Waals surface area (Å²) in [6.07, 6.45) is 2.17. The molecule has 3 aliphatic rings. The molecule has 0 N–H and O–H groups in total. The zero-order chi connectivity index (χ0) is 32.2. The highest BCUT2D eigenvalue weighted by Crippen LogP contribution is 2.54. The minimum Gasteiger partial charge on any atom is -0.310 e. The van der Waals surface area contributed by atoms with E-state index in [1.807, 2.05) is 0 Å². The van der Waals surface area contributed by atoms with E-state index in [1.165, 1.54) is 79.4 Å². The van der Waals surface area contributed by atoms with E-state index in [2.05, 4.69) is 180 Å². The molecule has 1 saturated carbocycles. The minimum absolute atomic E-state index is 0.511. The van der Waals surface area contributed by atoms with Gasteiger partial charge < -0.3 is 4.90 Å². The van der Waals surface area contributed by atoms with Crippen LogP contribution in [0.4, 0.5) is 17.1 Å². The molecule has 6 aromatic carbocycles. The van der Waals surface area contributed by atoms with Crippen LogP contribution in [0, 0.1) is 0 Å². The van der Waals surface area contributed by atoms with Crippen LogP contribution in [0.15, 0.2) is 152 Å². The number of likely N-dealkylation sites (N-methyl/N-ethyl adjacent to an activating group) is 2. The average molecular weight is 622 g/mol. The van der Waals surface area contributed by atoms with Gasteiger partial charge in [0.2, 0.25) is 11.4 Å². The van der Waals surface area contributed by atoms with Crippen LogP contribution in [0.1, 0.15) is 45.7 Å². The van der Waals surface area contributed by atoms with Crippen LogP contribution in [0.5, 0.6) is 0 Å². The Kier molecular flexibility index (Phi) is 6.93. The number of rotatable bonds is 6. The first-order valence-electron chi connectivity index (χ1n) is 17.2. The van der Waals surface area contributed by atoms with E-state index < -0.39 is 0 Å². The zero-order valence-corrected chi connectivity index (χ0v) is 27.6. The minimum atomic E-state index is 0.511. The number of hydrogen-bond donors (Lipinski definition) is 0. The highest BCUT2D eigenvalue weighted by molar-refractivity contribution is 6.13. The average Bonchev–Trinajstić information content (AvgIpc) is 3.95. The van der Waals surface area contributed by atoms with Crippen molar-refractivity contribution in [3.05, 3.63) is 185 Å². The highest BCUT2D eigenvalue weighted by atomic mass is 15.2. The fraction of sp³-hybridized carbons (Fsp3) is 0.156. The molecule has 232 valence electrons. The smallest absolute Gasteiger partial charge is 0.214 e. The zero-order valence-electron chi connectivity index (χ0n) is 27.6. The molecule has 2 aliphatic heterocycles. The first-order chi connectivity index (χ1) is 23.7. The topological polar surface area (TPSA) is 9.26 Å². The summed E-state index contributed by atoms with van der Waals surface area (Å²) in [6.45, 7) is 0.976. The number of fused-ring (bicyclic) bond motifs is 4. The lowest BCUT2D eigenvalue weighted by molar-refractivity contribution is -0.513. The summed E-state index contributed by atoms with van der Waals surface area (Å²) in [5, 5.41) is 0. The summed E-state index contributed by atoms with van der Waals surface area (Å²) in [4.78, 5) is 2.57. The lowest BCUT2D eigenvalue weighted by Gasteiger charge is -2.32. The van der Waals surface area contributed by atoms with E-state index in [-0.39, 0.29) is 0 Å². The van der Waals surface area contributed by atoms with Gasteiger partial charge in [-0.05, 0) is 82.9 Å². The molecule has 3 nitrogen and oxygen atoms in total. The van der Waals surface area contributed by atoms with Crippen molar-refractivity contribution in [1.82, 2.24) is 0 Å². The molecule has 6 aromatic rings. The second-order valence-electron chi connectivity index (χ2n) is 13.4. The first-order valence-corrected chi connectivity index (χ1v) is 17.2. The summed E-state index contributed by atoms with van der Waals surface area (Å²) < 4.78 is 4.96. The lowest BCUT2D eigenvalue weighted by atomic mass is 9.88. The summed E-state index contributed by atoms with van der Waals surface area (Å²) in [7, 11) is 4.52. The molecule has 1 aliphatic carbocycles. The van der Waals surface area contributed by atoms with E-state index in [9.17, 15) is 0 Å². The first kappa shape index (κ1) is 28.7. The molecule has 3 heteroatoms. The summed E-state index contributed by atoms with van der Waals surface area (Å²) in [6, 6.07) is 56.2. The van der Waals surface area contributed by atoms with Crippen molar-refractivity contribution in [3.8, 4) is 11.1 Å². The number of anilines is 3. The fourth-order valence-corrected chi connectivity index (χ4v) is 8.25. The van der Waals surface area contributed by atoms with Crippen molar-refractivity contribution in [2.45, 2.75) is 24.8 Å². The molecular weight excluding hydrogens is 583 g/mol. The number of nitrogens with zero attached hydrogens (tertiary/aromatic N) is 3. The SMILES string of the molecule is C[N+]1=C(c2ccccc2)c2cccc(N(c3ccc(-c4ccccc4)cc3)c3cccc4c3C3CC3[N+](C)=C4c3ccccc3)c2CC1. The molecule has 0 radical (unpaired) electrons. The monoisotopic (exact) mass is 621 g/mol. The molecule has 2 atom stereocenters. The Labute approximate surface area is 283 Å². The van der Waals surface area contributed by atoms with Crippen molar-refractivity contribution in [2.24, 2.45) is 0 Å². The van der Waals surface area contributed by atoms with Crippen molar-refractivity contribution in [3.63, 3.8) is 0 Å². The Hall–Kier alpha value is -5.54. The van der Waals surface area contributed by atoms with Crippen molar-refractivity contribution in [1.29, 1.82) is 0 Å². The number of benzene rings is 6. The van der Waals surface area contributed by atoms with Crippen LogP contribution in [-0.4, -0.2) is 47.3 Å². The standard InChI is InChI=1S/C45H39N3/c1-46-29-28-36-37(44(46)33-16-8-4-9-17-33)20-12-22-40(36)48(35-26-24-32(25-27-35)31-14-6-3-7-15-31)41-23-13-21-38-43(41)39-30-42(39)47(2)45(38)34-18-10-5-11-19-34/h3-27,39,42H,28-30H2,1-2H3/q+2. The molecule has 0 spiro atoms. The molecular formula is C45H39N3+2. The Bertz CT molecular complexity index is 2210. The van der Waals surface area contributed by atoms with Crippen LogP contribution in [0.25, 0.3) is 11.1 Å². The van der Waals surface area contributed by atoms with Gasteiger partial charge in [0.15, 0.2) is 6.04 Å². The van der Waals surface area contributed by atoms with Gasteiger partial charge in [0.05, 0.1) is 28.4 Å². The normalized spacial score (nSPS) is 17.8. The Morgan fingerprint density at radius 2 is 1.08 bits per heavy atom. The van der Waals surface area contributed by atoms with Crippen molar-refractivity contribution in [2.75, 3.05) is 25.5 Å². The molecule has 1 fully saturated rings. The van der Waals surface area contributed by atoms with Gasteiger partial charge in [0.25, 0.3) is 0 Å². The molecule has 48 heavy (non-hydrogen) atoms. The fourth-order valence-electron chi connectivity index (χ4n) is 8.25. The van der Waals surface area contributed by atoms with Gasteiger partial charge >= 0.3 is 0 Å². The van der Waals surface area contributed by atoms with Gasteiger partial charge in [0.1, 0.15) is 20.6 Å². The molecule has 0 amide bonds. The Morgan fingerprint density at radius 1 is 0.521 bits per heavy atom. The van der Waals surface area contributed by atoms with Gasteiger partial charge in [-0.15, -0.1) is 0 Å². The Balaban J connectivity index is 1.26. The number of hydrogen-bond acceptors (Lipinski definition) is 1. The van der Waals surface area contributed by atoms with Crippen LogP contribution in [-0.2, 0) is 6.42 Å². The van der Waals surface area contributed by atoms with Crippen molar-refractivity contribution >= 4 is 28.5 Å². The molecule has 9 rings (SSSR count). The highest BCUT2D eigenvalue weighted by Gasteiger charge is 2.54. The van der Waals surface area contributed by atoms with Crippen LogP contribution >= 0.6 is 0 Å². The third-order valence-electron chi connectivity index (χ3n) is 10.6. The maximum Gasteiger partial charge on any atom is 0.214 e. The molecule has 0 aromatic heterocycles. The second kappa shape index (κ2) is 11.6. The van der Waals surface area contributed by atoms with Crippen molar-refractivity contribution < 1.29 is 9.15 Å². The van der Waals surface area contributed by atoms with Gasteiger partial charge in [0, 0.05) is 29.7 Å². The predicted octanol–water partition coefficient (Wildman–Crippen LogP) is 9.21. The van der Waals surface area contributed by atoms with E-state index in [0.717, 1.165) is 13.0 Å². The van der Waals surface area contributed by atoms with E-state index in [1.54, 1.807) is 0 Å². The second-order valence-corrected chi connectivity index (χ2v) is 13.4. The van der Waals surface area contributed by atoms with E-state index in [0.29, 0.717) is 12.0 Å². The summed E-state index contributed by atoms with van der Waals surface area (Å²) in [5.41, 5.74) is 17.0. The van der Waals surface area contributed by atoms with Gasteiger partial charge in [-0.3, -0.25) is 0 Å². The largest absolute Gasteiger partial charge is 0.310 e. The van der Waals surface area contributed by atoms with Gasteiger partial charge in [-0.2, -0.15) is 0 Å². The van der Waals surface area contributed by atoms with Crippen LogP contribution in [0.3, 0.4) is 0 Å². The predicted molar refractivity (Wildman–Crippen MR) is 198 cm³/mol. The molecule has 0 bridgehead atoms. The van der Waals surface area contributed by atoms with Crippen LogP contribution < -0.4 is 4.90 Å². The molecule has 2 unspecified atom stereocenters. The van der Waals surface area contributed by atoms with E-state index in [4.69, 9.17) is 0 Å².